The van der Waals surface area contributed by atoms with Gasteiger partial charge in [-0.1, -0.05) is 18.2 Å². The summed E-state index contributed by atoms with van der Waals surface area (Å²) >= 11 is 0. The van der Waals surface area contributed by atoms with Crippen molar-refractivity contribution < 1.29 is 9.90 Å². The Labute approximate surface area is 92.4 Å². The van der Waals surface area contributed by atoms with Crippen molar-refractivity contribution in [2.45, 2.75) is 13.3 Å². The Hall–Kier alpha value is -2.17. The Bertz CT molecular complexity index is 505. The van der Waals surface area contributed by atoms with Crippen LogP contribution in [0.1, 0.15) is 11.6 Å². The Balaban J connectivity index is 2.36. The van der Waals surface area contributed by atoms with Gasteiger partial charge in [-0.3, -0.25) is 4.79 Å². The second-order valence-corrected chi connectivity index (χ2v) is 3.39. The van der Waals surface area contributed by atoms with E-state index in [4.69, 9.17) is 5.11 Å². The van der Waals surface area contributed by atoms with Crippen LogP contribution in [-0.4, -0.2) is 25.8 Å². The van der Waals surface area contributed by atoms with Crippen molar-refractivity contribution in [2.75, 3.05) is 0 Å². The zero-order chi connectivity index (χ0) is 11.5. The van der Waals surface area contributed by atoms with Crippen LogP contribution in [0.2, 0.25) is 0 Å². The van der Waals surface area contributed by atoms with E-state index in [0.29, 0.717) is 11.6 Å². The van der Waals surface area contributed by atoms with E-state index in [1.165, 1.54) is 0 Å². The van der Waals surface area contributed by atoms with Crippen molar-refractivity contribution in [1.82, 2.24) is 14.8 Å². The number of hydrogen-bond donors (Lipinski definition) is 1. The maximum Gasteiger partial charge on any atom is 0.311 e. The quantitative estimate of drug-likeness (QED) is 0.838. The number of rotatable bonds is 3. The van der Waals surface area contributed by atoms with Gasteiger partial charge in [0.15, 0.2) is 5.82 Å². The van der Waals surface area contributed by atoms with Crippen LogP contribution in [0.15, 0.2) is 30.3 Å². The first kappa shape index (κ1) is 10.4. The van der Waals surface area contributed by atoms with E-state index in [0.717, 1.165) is 5.69 Å². The third-order valence-electron chi connectivity index (χ3n) is 2.12. The SMILES string of the molecule is Cc1nc(CC(=O)O)nn1-c1ccccc1. The van der Waals surface area contributed by atoms with Crippen LogP contribution in [0.25, 0.3) is 5.69 Å². The molecule has 0 aliphatic carbocycles. The van der Waals surface area contributed by atoms with E-state index in [-0.39, 0.29) is 6.42 Å². The first-order valence-electron chi connectivity index (χ1n) is 4.86. The predicted octanol–water partition coefficient (Wildman–Crippen LogP) is 1.20. The zero-order valence-corrected chi connectivity index (χ0v) is 8.79. The number of aliphatic carboxylic acids is 1. The van der Waals surface area contributed by atoms with Crippen LogP contribution >= 0.6 is 0 Å². The summed E-state index contributed by atoms with van der Waals surface area (Å²) in [5.74, 6) is 0.0847. The largest absolute Gasteiger partial charge is 0.481 e. The summed E-state index contributed by atoms with van der Waals surface area (Å²) < 4.78 is 1.64. The molecule has 0 bridgehead atoms. The zero-order valence-electron chi connectivity index (χ0n) is 8.79. The van der Waals surface area contributed by atoms with Crippen molar-refractivity contribution in [1.29, 1.82) is 0 Å². The first-order valence-corrected chi connectivity index (χ1v) is 4.86. The molecular formula is C11H11N3O2. The number of hydrogen-bond acceptors (Lipinski definition) is 3. The lowest BCUT2D eigenvalue weighted by atomic mass is 10.3. The summed E-state index contributed by atoms with van der Waals surface area (Å²) in [5.41, 5.74) is 0.879. The highest BCUT2D eigenvalue weighted by Gasteiger charge is 2.10. The van der Waals surface area contributed by atoms with Crippen LogP contribution in [0.4, 0.5) is 0 Å². The lowest BCUT2D eigenvalue weighted by Gasteiger charge is -2.00. The van der Waals surface area contributed by atoms with Gasteiger partial charge in [-0.2, -0.15) is 5.10 Å². The molecule has 1 N–H and O–H groups in total. The molecule has 2 aromatic rings. The molecular weight excluding hydrogens is 206 g/mol. The highest BCUT2D eigenvalue weighted by atomic mass is 16.4. The average molecular weight is 217 g/mol. The van der Waals surface area contributed by atoms with Gasteiger partial charge in [0, 0.05) is 0 Å². The number of benzene rings is 1. The molecule has 82 valence electrons. The Kier molecular flexibility index (Phi) is 2.68. The highest BCUT2D eigenvalue weighted by molar-refractivity contribution is 5.68. The van der Waals surface area contributed by atoms with Crippen LogP contribution in [0.5, 0.6) is 0 Å². The van der Waals surface area contributed by atoms with E-state index in [1.807, 2.05) is 30.3 Å². The van der Waals surface area contributed by atoms with Crippen LogP contribution in [0, 0.1) is 6.92 Å². The molecule has 16 heavy (non-hydrogen) atoms. The van der Waals surface area contributed by atoms with Gasteiger partial charge >= 0.3 is 5.97 Å². The molecule has 0 amide bonds. The molecule has 1 heterocycles. The highest BCUT2D eigenvalue weighted by Crippen LogP contribution is 2.08. The molecule has 0 aliphatic heterocycles. The predicted molar refractivity (Wildman–Crippen MR) is 57.4 cm³/mol. The normalized spacial score (nSPS) is 10.3. The maximum absolute atomic E-state index is 10.5. The molecule has 0 saturated carbocycles. The topological polar surface area (TPSA) is 68.0 Å². The summed E-state index contributed by atoms with van der Waals surface area (Å²) in [7, 11) is 0. The van der Waals surface area contributed by atoms with Crippen molar-refractivity contribution >= 4 is 5.97 Å². The van der Waals surface area contributed by atoms with Crippen molar-refractivity contribution in [3.05, 3.63) is 42.0 Å². The average Bonchev–Trinajstić information content (AvgIpc) is 2.60. The molecule has 0 saturated heterocycles. The van der Waals surface area contributed by atoms with Crippen molar-refractivity contribution in [2.24, 2.45) is 0 Å². The van der Waals surface area contributed by atoms with Crippen molar-refractivity contribution in [3.63, 3.8) is 0 Å². The summed E-state index contributed by atoms with van der Waals surface area (Å²) in [6.45, 7) is 1.80. The molecule has 0 fully saturated rings. The van der Waals surface area contributed by atoms with Gasteiger partial charge < -0.3 is 5.11 Å². The standard InChI is InChI=1S/C11H11N3O2/c1-8-12-10(7-11(15)16)13-14(8)9-5-3-2-4-6-9/h2-6H,7H2,1H3,(H,15,16). The molecule has 2 rings (SSSR count). The second-order valence-electron chi connectivity index (χ2n) is 3.39. The van der Waals surface area contributed by atoms with E-state index in [2.05, 4.69) is 10.1 Å². The van der Waals surface area contributed by atoms with Gasteiger partial charge in [0.25, 0.3) is 0 Å². The van der Waals surface area contributed by atoms with E-state index >= 15 is 0 Å². The smallest absolute Gasteiger partial charge is 0.311 e. The number of carboxylic acid groups (broad SMARTS) is 1. The Morgan fingerprint density at radius 1 is 1.38 bits per heavy atom. The number of carbonyl (C=O) groups is 1. The molecule has 0 atom stereocenters. The summed E-state index contributed by atoms with van der Waals surface area (Å²) in [5, 5.41) is 12.8. The molecule has 5 nitrogen and oxygen atoms in total. The lowest BCUT2D eigenvalue weighted by Crippen LogP contribution is -2.03. The van der Waals surface area contributed by atoms with E-state index < -0.39 is 5.97 Å². The molecule has 5 heteroatoms. The third kappa shape index (κ3) is 2.08. The lowest BCUT2D eigenvalue weighted by molar-refractivity contribution is -0.136. The number of nitrogens with zero attached hydrogens (tertiary/aromatic N) is 3. The fourth-order valence-corrected chi connectivity index (χ4v) is 1.47. The number of aryl methyl sites for hydroxylation is 1. The van der Waals surface area contributed by atoms with Gasteiger partial charge in [-0.15, -0.1) is 0 Å². The van der Waals surface area contributed by atoms with Gasteiger partial charge in [0.1, 0.15) is 12.2 Å². The number of aromatic nitrogens is 3. The Morgan fingerprint density at radius 3 is 2.69 bits per heavy atom. The fraction of sp³-hybridized carbons (Fsp3) is 0.182. The van der Waals surface area contributed by atoms with Gasteiger partial charge in [-0.25, -0.2) is 9.67 Å². The van der Waals surface area contributed by atoms with Crippen LogP contribution in [-0.2, 0) is 11.2 Å². The van der Waals surface area contributed by atoms with E-state index in [9.17, 15) is 4.79 Å². The summed E-state index contributed by atoms with van der Waals surface area (Å²) in [4.78, 5) is 14.6. The monoisotopic (exact) mass is 217 g/mol. The first-order chi connectivity index (χ1) is 7.66. The van der Waals surface area contributed by atoms with Crippen LogP contribution in [0.3, 0.4) is 0 Å². The van der Waals surface area contributed by atoms with Gasteiger partial charge in [0.2, 0.25) is 0 Å². The second kappa shape index (κ2) is 4.14. The molecule has 0 unspecified atom stereocenters. The minimum atomic E-state index is -0.926. The number of para-hydroxylation sites is 1. The summed E-state index contributed by atoms with van der Waals surface area (Å²) in [6.07, 6.45) is -0.152. The van der Waals surface area contributed by atoms with E-state index in [1.54, 1.807) is 11.6 Å². The van der Waals surface area contributed by atoms with Crippen LogP contribution < -0.4 is 0 Å². The molecule has 0 aliphatic rings. The third-order valence-corrected chi connectivity index (χ3v) is 2.12. The fourth-order valence-electron chi connectivity index (χ4n) is 1.47. The molecule has 0 spiro atoms. The van der Waals surface area contributed by atoms with Gasteiger partial charge in [0.05, 0.1) is 5.69 Å². The minimum absolute atomic E-state index is 0.152. The molecule has 1 aromatic carbocycles. The molecule has 0 radical (unpaired) electrons. The van der Waals surface area contributed by atoms with Crippen molar-refractivity contribution in [3.8, 4) is 5.69 Å². The Morgan fingerprint density at radius 2 is 2.06 bits per heavy atom. The number of carboxylic acids is 1. The minimum Gasteiger partial charge on any atom is -0.481 e. The van der Waals surface area contributed by atoms with Gasteiger partial charge in [-0.05, 0) is 19.1 Å². The molecule has 1 aromatic heterocycles. The maximum atomic E-state index is 10.5. The summed E-state index contributed by atoms with van der Waals surface area (Å²) in [6, 6.07) is 9.49.